The van der Waals surface area contributed by atoms with Crippen LogP contribution in [0, 0.1) is 10.8 Å². The predicted molar refractivity (Wildman–Crippen MR) is 91.1 cm³/mol. The molecule has 0 aliphatic heterocycles. The van der Waals surface area contributed by atoms with E-state index >= 15 is 0 Å². The summed E-state index contributed by atoms with van der Waals surface area (Å²) < 4.78 is 31.4. The molecule has 0 aromatic heterocycles. The highest BCUT2D eigenvalue weighted by atomic mass is 32.2. The topological polar surface area (TPSA) is 54.4 Å². The van der Waals surface area contributed by atoms with Crippen molar-refractivity contribution in [2.45, 2.75) is 39.4 Å². The molecule has 0 bridgehead atoms. The second kappa shape index (κ2) is 5.07. The van der Waals surface area contributed by atoms with Gasteiger partial charge in [0.05, 0.1) is 0 Å². The first-order valence-electron chi connectivity index (χ1n) is 7.36. The molecule has 2 rings (SSSR count). The minimum Gasteiger partial charge on any atom is -0.285 e. The maximum absolute atomic E-state index is 11.7. The van der Waals surface area contributed by atoms with E-state index in [0.29, 0.717) is 0 Å². The van der Waals surface area contributed by atoms with Gasteiger partial charge in [-0.15, -0.1) is 0 Å². The third-order valence-electron chi connectivity index (χ3n) is 4.07. The lowest BCUT2D eigenvalue weighted by Crippen LogP contribution is -2.29. The van der Waals surface area contributed by atoms with Crippen molar-refractivity contribution in [3.05, 3.63) is 59.8 Å². The van der Waals surface area contributed by atoms with Crippen molar-refractivity contribution in [1.29, 1.82) is 0 Å². The van der Waals surface area contributed by atoms with Crippen LogP contribution in [0.2, 0.25) is 0 Å². The van der Waals surface area contributed by atoms with Gasteiger partial charge in [-0.3, -0.25) is 4.55 Å². The van der Waals surface area contributed by atoms with Gasteiger partial charge >= 0.3 is 0 Å². The van der Waals surface area contributed by atoms with E-state index < -0.39 is 14.9 Å². The summed E-state index contributed by atoms with van der Waals surface area (Å²) in [4.78, 5) is 0. The molecule has 0 heterocycles. The van der Waals surface area contributed by atoms with Crippen LogP contribution in [-0.4, -0.2) is 17.7 Å². The highest BCUT2D eigenvalue weighted by Crippen LogP contribution is 2.36. The molecule has 0 aromatic carbocycles. The second-order valence-electron chi connectivity index (χ2n) is 7.50. The summed E-state index contributed by atoms with van der Waals surface area (Å²) >= 11 is 0. The van der Waals surface area contributed by atoms with E-state index in [1.54, 1.807) is 24.3 Å². The maximum atomic E-state index is 11.7. The summed E-state index contributed by atoms with van der Waals surface area (Å²) in [6.45, 7) is 9.93. The zero-order valence-corrected chi connectivity index (χ0v) is 14.6. The molecule has 0 radical (unpaired) electrons. The third kappa shape index (κ3) is 3.50. The van der Waals surface area contributed by atoms with Gasteiger partial charge in [-0.05, 0) is 18.1 Å². The largest absolute Gasteiger partial charge is 0.285 e. The third-order valence-corrected chi connectivity index (χ3v) is 5.46. The molecule has 2 aliphatic rings. The molecule has 0 atom stereocenters. The minimum absolute atomic E-state index is 0.136. The first-order valence-corrected chi connectivity index (χ1v) is 8.80. The Morgan fingerprint density at radius 2 is 1.14 bits per heavy atom. The van der Waals surface area contributed by atoms with Crippen molar-refractivity contribution < 1.29 is 13.0 Å². The van der Waals surface area contributed by atoms with Crippen LogP contribution in [0.1, 0.15) is 34.6 Å². The molecule has 4 heteroatoms. The monoisotopic (exact) mass is 320 g/mol. The second-order valence-corrected chi connectivity index (χ2v) is 9.33. The number of allylic oxidation sites excluding steroid dienone is 8. The van der Waals surface area contributed by atoms with Crippen LogP contribution in [0.25, 0.3) is 0 Å². The van der Waals surface area contributed by atoms with Gasteiger partial charge in [-0.25, -0.2) is 0 Å². The Labute approximate surface area is 133 Å². The highest BCUT2D eigenvalue weighted by Gasteiger charge is 2.34. The van der Waals surface area contributed by atoms with Crippen LogP contribution in [0.4, 0.5) is 0 Å². The average Bonchev–Trinajstić information content (AvgIpc) is 2.48. The zero-order valence-electron chi connectivity index (χ0n) is 13.8. The SMILES string of the molecule is CC1(C)/C=C\C(C)(C)/C=C2/C=CC(C)(S(=O)(=O)O)C=C/C2=C/1. The molecule has 120 valence electrons. The van der Waals surface area contributed by atoms with Gasteiger partial charge in [0.15, 0.2) is 0 Å². The lowest BCUT2D eigenvalue weighted by molar-refractivity contribution is 0.466. The van der Waals surface area contributed by atoms with Crippen LogP contribution in [0.3, 0.4) is 0 Å². The fraction of sp³-hybridized carbons (Fsp3) is 0.444. The summed E-state index contributed by atoms with van der Waals surface area (Å²) in [5.41, 5.74) is 1.66. The first kappa shape index (κ1) is 17.0. The molecular formula is C18H24O3S. The molecule has 3 nitrogen and oxygen atoms in total. The maximum Gasteiger partial charge on any atom is 0.277 e. The van der Waals surface area contributed by atoms with Crippen LogP contribution in [-0.2, 0) is 10.1 Å². The lowest BCUT2D eigenvalue weighted by Gasteiger charge is -2.25. The van der Waals surface area contributed by atoms with Gasteiger partial charge in [-0.2, -0.15) is 8.42 Å². The Kier molecular flexibility index (Phi) is 3.91. The van der Waals surface area contributed by atoms with Crippen LogP contribution >= 0.6 is 0 Å². The molecule has 0 aromatic rings. The average molecular weight is 320 g/mol. The fourth-order valence-corrected chi connectivity index (χ4v) is 3.00. The molecule has 0 unspecified atom stereocenters. The first-order chi connectivity index (χ1) is 9.84. The molecule has 0 amide bonds. The lowest BCUT2D eigenvalue weighted by atomic mass is 9.79. The normalized spacial score (nSPS) is 31.5. The van der Waals surface area contributed by atoms with Gasteiger partial charge in [-0.1, -0.05) is 76.3 Å². The Balaban J connectivity index is 2.68. The summed E-state index contributed by atoms with van der Waals surface area (Å²) in [6.07, 6.45) is 15.2. The van der Waals surface area contributed by atoms with Crippen molar-refractivity contribution in [3.63, 3.8) is 0 Å². The summed E-state index contributed by atoms with van der Waals surface area (Å²) in [5.74, 6) is 0. The molecule has 1 N–H and O–H groups in total. The van der Waals surface area contributed by atoms with E-state index in [9.17, 15) is 13.0 Å². The Bertz CT molecular complexity index is 682. The number of hydrogen-bond donors (Lipinski definition) is 1. The van der Waals surface area contributed by atoms with Crippen LogP contribution in [0.5, 0.6) is 0 Å². The number of hydrogen-bond acceptors (Lipinski definition) is 2. The van der Waals surface area contributed by atoms with Crippen LogP contribution < -0.4 is 0 Å². The quantitative estimate of drug-likeness (QED) is 0.581. The Hall–Kier alpha value is -1.39. The van der Waals surface area contributed by atoms with E-state index in [1.165, 1.54) is 6.92 Å². The smallest absolute Gasteiger partial charge is 0.277 e. The number of fused-ring (bicyclic) bond motifs is 1. The standard InChI is InChI=1S/C18H24O3S/c1-16(2)10-11-17(3,4)13-15-7-9-18(5,22(19,20)21)8-6-14(15)12-16/h6-13H,1-5H3,(H,19,20,21)/b11-10-,14-12-,15-13-. The Morgan fingerprint density at radius 3 is 1.45 bits per heavy atom. The van der Waals surface area contributed by atoms with Gasteiger partial charge in [0, 0.05) is 10.8 Å². The molecule has 0 saturated heterocycles. The van der Waals surface area contributed by atoms with Crippen molar-refractivity contribution >= 4 is 10.1 Å². The van der Waals surface area contributed by atoms with Crippen molar-refractivity contribution in [2.24, 2.45) is 10.8 Å². The van der Waals surface area contributed by atoms with E-state index in [2.05, 4.69) is 52.0 Å². The van der Waals surface area contributed by atoms with Crippen molar-refractivity contribution in [2.75, 3.05) is 0 Å². The number of rotatable bonds is 1. The van der Waals surface area contributed by atoms with E-state index in [-0.39, 0.29) is 10.8 Å². The Morgan fingerprint density at radius 1 is 0.773 bits per heavy atom. The van der Waals surface area contributed by atoms with Gasteiger partial charge < -0.3 is 0 Å². The van der Waals surface area contributed by atoms with Gasteiger partial charge in [0.1, 0.15) is 4.75 Å². The van der Waals surface area contributed by atoms with E-state index in [1.807, 2.05) is 0 Å². The summed E-state index contributed by atoms with van der Waals surface area (Å²) in [6, 6.07) is 0. The summed E-state index contributed by atoms with van der Waals surface area (Å²) in [7, 11) is -4.21. The van der Waals surface area contributed by atoms with Gasteiger partial charge in [0.2, 0.25) is 0 Å². The summed E-state index contributed by atoms with van der Waals surface area (Å²) in [5, 5.41) is 0. The predicted octanol–water partition coefficient (Wildman–Crippen LogP) is 4.23. The molecule has 0 fully saturated rings. The van der Waals surface area contributed by atoms with Crippen molar-refractivity contribution in [1.82, 2.24) is 0 Å². The molecular weight excluding hydrogens is 296 g/mol. The zero-order chi connectivity index (χ0) is 16.8. The molecule has 0 spiro atoms. The fourth-order valence-electron chi connectivity index (χ4n) is 2.52. The van der Waals surface area contributed by atoms with Crippen LogP contribution in [0.15, 0.2) is 59.8 Å². The minimum atomic E-state index is -4.21. The molecule has 22 heavy (non-hydrogen) atoms. The highest BCUT2D eigenvalue weighted by molar-refractivity contribution is 7.87. The molecule has 0 saturated carbocycles. The molecule has 2 aliphatic carbocycles. The van der Waals surface area contributed by atoms with Gasteiger partial charge in [0.25, 0.3) is 10.1 Å². The van der Waals surface area contributed by atoms with Crippen molar-refractivity contribution in [3.8, 4) is 0 Å². The van der Waals surface area contributed by atoms with E-state index in [4.69, 9.17) is 0 Å². The van der Waals surface area contributed by atoms with E-state index in [0.717, 1.165) is 11.1 Å².